The van der Waals surface area contributed by atoms with Crippen molar-refractivity contribution in [1.82, 2.24) is 4.90 Å². The lowest BCUT2D eigenvalue weighted by Gasteiger charge is -2.34. The highest BCUT2D eigenvalue weighted by Gasteiger charge is 2.24. The summed E-state index contributed by atoms with van der Waals surface area (Å²) in [5.41, 5.74) is 0.0635. The standard InChI is InChI=1S/C16H35NO/c1-7-16(6,13-18)12-17(10-8-14(2)3)11-9-15(4)5/h14-15,18H,7-13H2,1-6H3. The van der Waals surface area contributed by atoms with Gasteiger partial charge in [-0.25, -0.2) is 0 Å². The molecule has 0 fully saturated rings. The van der Waals surface area contributed by atoms with Gasteiger partial charge in [-0.3, -0.25) is 0 Å². The second-order valence-electron chi connectivity index (χ2n) is 6.96. The molecular formula is C16H35NO. The summed E-state index contributed by atoms with van der Waals surface area (Å²) in [7, 11) is 0. The molecule has 2 nitrogen and oxygen atoms in total. The van der Waals surface area contributed by atoms with Gasteiger partial charge in [0.1, 0.15) is 0 Å². The summed E-state index contributed by atoms with van der Waals surface area (Å²) in [5.74, 6) is 1.52. The van der Waals surface area contributed by atoms with Crippen LogP contribution in [0.1, 0.15) is 60.8 Å². The molecule has 0 aliphatic heterocycles. The normalized spacial score (nSPS) is 15.7. The van der Waals surface area contributed by atoms with Crippen molar-refractivity contribution >= 4 is 0 Å². The largest absolute Gasteiger partial charge is 0.396 e. The average Bonchev–Trinajstić information content (AvgIpc) is 2.32. The van der Waals surface area contributed by atoms with Crippen LogP contribution in [0.25, 0.3) is 0 Å². The Morgan fingerprint density at radius 2 is 1.44 bits per heavy atom. The van der Waals surface area contributed by atoms with Crippen molar-refractivity contribution in [2.75, 3.05) is 26.2 Å². The van der Waals surface area contributed by atoms with Crippen molar-refractivity contribution in [1.29, 1.82) is 0 Å². The Labute approximate surface area is 115 Å². The molecule has 0 aliphatic rings. The van der Waals surface area contributed by atoms with Gasteiger partial charge < -0.3 is 10.0 Å². The molecule has 0 aromatic carbocycles. The Balaban J connectivity index is 4.35. The Morgan fingerprint density at radius 1 is 1.00 bits per heavy atom. The molecule has 2 heteroatoms. The Morgan fingerprint density at radius 3 is 1.72 bits per heavy atom. The molecule has 0 spiro atoms. The van der Waals surface area contributed by atoms with Crippen LogP contribution in [0.3, 0.4) is 0 Å². The van der Waals surface area contributed by atoms with E-state index in [0.29, 0.717) is 6.61 Å². The van der Waals surface area contributed by atoms with Crippen LogP contribution in [-0.2, 0) is 0 Å². The second-order valence-corrected chi connectivity index (χ2v) is 6.96. The SMILES string of the molecule is CCC(C)(CO)CN(CCC(C)C)CCC(C)C. The molecule has 0 heterocycles. The molecule has 1 N–H and O–H groups in total. The smallest absolute Gasteiger partial charge is 0.0496 e. The molecular weight excluding hydrogens is 222 g/mol. The minimum atomic E-state index is 0.0635. The quantitative estimate of drug-likeness (QED) is 0.643. The van der Waals surface area contributed by atoms with E-state index in [1.54, 1.807) is 0 Å². The molecule has 110 valence electrons. The van der Waals surface area contributed by atoms with Gasteiger partial charge in [0.2, 0.25) is 0 Å². The van der Waals surface area contributed by atoms with Crippen molar-refractivity contribution in [2.45, 2.75) is 60.8 Å². The van der Waals surface area contributed by atoms with Crippen LogP contribution in [0.5, 0.6) is 0 Å². The predicted octanol–water partition coefficient (Wildman–Crippen LogP) is 3.79. The number of aliphatic hydroxyl groups excluding tert-OH is 1. The minimum Gasteiger partial charge on any atom is -0.396 e. The third-order valence-electron chi connectivity index (χ3n) is 3.89. The third-order valence-corrected chi connectivity index (χ3v) is 3.89. The molecule has 0 aliphatic carbocycles. The van der Waals surface area contributed by atoms with Crippen LogP contribution >= 0.6 is 0 Å². The van der Waals surface area contributed by atoms with Gasteiger partial charge in [-0.05, 0) is 44.2 Å². The van der Waals surface area contributed by atoms with Crippen LogP contribution in [-0.4, -0.2) is 36.2 Å². The highest BCUT2D eigenvalue weighted by molar-refractivity contribution is 4.77. The predicted molar refractivity (Wildman–Crippen MR) is 80.8 cm³/mol. The van der Waals surface area contributed by atoms with Gasteiger partial charge in [-0.15, -0.1) is 0 Å². The fraction of sp³-hybridized carbons (Fsp3) is 1.00. The van der Waals surface area contributed by atoms with E-state index in [2.05, 4.69) is 46.4 Å². The van der Waals surface area contributed by atoms with Crippen LogP contribution in [0.4, 0.5) is 0 Å². The Bertz CT molecular complexity index is 185. The molecule has 0 amide bonds. The van der Waals surface area contributed by atoms with E-state index in [-0.39, 0.29) is 5.41 Å². The highest BCUT2D eigenvalue weighted by atomic mass is 16.3. The lowest BCUT2D eigenvalue weighted by atomic mass is 9.87. The van der Waals surface area contributed by atoms with Gasteiger partial charge in [0.15, 0.2) is 0 Å². The van der Waals surface area contributed by atoms with Crippen molar-refractivity contribution in [3.8, 4) is 0 Å². The lowest BCUT2D eigenvalue weighted by Crippen LogP contribution is -2.39. The molecule has 1 unspecified atom stereocenters. The number of hydrogen-bond donors (Lipinski definition) is 1. The number of rotatable bonds is 10. The van der Waals surface area contributed by atoms with E-state index < -0.39 is 0 Å². The van der Waals surface area contributed by atoms with Crippen LogP contribution in [0.2, 0.25) is 0 Å². The fourth-order valence-electron chi connectivity index (χ4n) is 1.96. The van der Waals surface area contributed by atoms with E-state index in [9.17, 15) is 5.11 Å². The highest BCUT2D eigenvalue weighted by Crippen LogP contribution is 2.22. The molecule has 18 heavy (non-hydrogen) atoms. The zero-order valence-electron chi connectivity index (χ0n) is 13.5. The van der Waals surface area contributed by atoms with Crippen LogP contribution in [0.15, 0.2) is 0 Å². The minimum absolute atomic E-state index is 0.0635. The molecule has 0 radical (unpaired) electrons. The molecule has 0 saturated carbocycles. The summed E-state index contributed by atoms with van der Waals surface area (Å²) >= 11 is 0. The fourth-order valence-corrected chi connectivity index (χ4v) is 1.96. The maximum Gasteiger partial charge on any atom is 0.0496 e. The van der Waals surface area contributed by atoms with Gasteiger partial charge in [-0.2, -0.15) is 0 Å². The van der Waals surface area contributed by atoms with Crippen molar-refractivity contribution < 1.29 is 5.11 Å². The van der Waals surface area contributed by atoms with E-state index in [1.165, 1.54) is 25.9 Å². The summed E-state index contributed by atoms with van der Waals surface area (Å²) < 4.78 is 0. The summed E-state index contributed by atoms with van der Waals surface area (Å²) in [6.45, 7) is 17.2. The summed E-state index contributed by atoms with van der Waals surface area (Å²) in [4.78, 5) is 2.56. The number of nitrogens with zero attached hydrogens (tertiary/aromatic N) is 1. The van der Waals surface area contributed by atoms with Gasteiger partial charge in [0.05, 0.1) is 0 Å². The summed E-state index contributed by atoms with van der Waals surface area (Å²) in [5, 5.41) is 9.56. The lowest BCUT2D eigenvalue weighted by molar-refractivity contribution is 0.0800. The average molecular weight is 257 g/mol. The summed E-state index contributed by atoms with van der Waals surface area (Å²) in [6.07, 6.45) is 3.55. The van der Waals surface area contributed by atoms with E-state index in [0.717, 1.165) is 24.8 Å². The topological polar surface area (TPSA) is 23.5 Å². The first-order chi connectivity index (χ1) is 8.33. The molecule has 0 aromatic rings. The maximum absolute atomic E-state index is 9.56. The Hall–Kier alpha value is -0.0800. The maximum atomic E-state index is 9.56. The van der Waals surface area contributed by atoms with Crippen molar-refractivity contribution in [3.63, 3.8) is 0 Å². The monoisotopic (exact) mass is 257 g/mol. The first-order valence-corrected chi connectivity index (χ1v) is 7.66. The van der Waals surface area contributed by atoms with E-state index in [1.807, 2.05) is 0 Å². The van der Waals surface area contributed by atoms with Crippen molar-refractivity contribution in [2.24, 2.45) is 17.3 Å². The number of aliphatic hydroxyl groups is 1. The zero-order chi connectivity index (χ0) is 14.2. The van der Waals surface area contributed by atoms with Crippen molar-refractivity contribution in [3.05, 3.63) is 0 Å². The van der Waals surface area contributed by atoms with Crippen LogP contribution < -0.4 is 0 Å². The molecule has 0 aromatic heterocycles. The van der Waals surface area contributed by atoms with E-state index >= 15 is 0 Å². The molecule has 1 atom stereocenters. The van der Waals surface area contributed by atoms with Gasteiger partial charge >= 0.3 is 0 Å². The van der Waals surface area contributed by atoms with Crippen LogP contribution in [0, 0.1) is 17.3 Å². The zero-order valence-corrected chi connectivity index (χ0v) is 13.5. The number of hydrogen-bond acceptors (Lipinski definition) is 2. The van der Waals surface area contributed by atoms with E-state index in [4.69, 9.17) is 0 Å². The molecule has 0 bridgehead atoms. The second kappa shape index (κ2) is 8.92. The first-order valence-electron chi connectivity index (χ1n) is 7.66. The molecule has 0 saturated heterocycles. The van der Waals surface area contributed by atoms with Gasteiger partial charge in [-0.1, -0.05) is 41.5 Å². The molecule has 0 rings (SSSR count). The third kappa shape index (κ3) is 8.10. The van der Waals surface area contributed by atoms with Gasteiger partial charge in [0.25, 0.3) is 0 Å². The first kappa shape index (κ1) is 17.9. The summed E-state index contributed by atoms with van der Waals surface area (Å²) in [6, 6.07) is 0. The van der Waals surface area contributed by atoms with Gasteiger partial charge in [0, 0.05) is 18.6 Å². The Kier molecular flexibility index (Phi) is 8.89.